The van der Waals surface area contributed by atoms with Gasteiger partial charge in [0, 0.05) is 13.2 Å². The van der Waals surface area contributed by atoms with Gasteiger partial charge < -0.3 is 14.8 Å². The molecule has 0 atom stereocenters. The van der Waals surface area contributed by atoms with Gasteiger partial charge in [0.25, 0.3) is 0 Å². The van der Waals surface area contributed by atoms with Crippen LogP contribution in [-0.4, -0.2) is 19.8 Å². The zero-order valence-electron chi connectivity index (χ0n) is 13.3. The van der Waals surface area contributed by atoms with Crippen molar-refractivity contribution >= 4 is 17.7 Å². The van der Waals surface area contributed by atoms with Crippen LogP contribution in [-0.2, 0) is 15.7 Å². The van der Waals surface area contributed by atoms with E-state index in [4.69, 9.17) is 9.47 Å². The van der Waals surface area contributed by atoms with Crippen LogP contribution in [0.2, 0.25) is 0 Å². The third kappa shape index (κ3) is 5.65. The summed E-state index contributed by atoms with van der Waals surface area (Å²) < 4.78 is 48.7. The van der Waals surface area contributed by atoms with Gasteiger partial charge in [0.05, 0.1) is 11.3 Å². The second-order valence-corrected chi connectivity index (χ2v) is 4.99. The van der Waals surface area contributed by atoms with E-state index >= 15 is 0 Å². The van der Waals surface area contributed by atoms with Gasteiger partial charge in [-0.25, -0.2) is 0 Å². The number of carbonyl (C=O) groups excluding carboxylic acids is 1. The van der Waals surface area contributed by atoms with Gasteiger partial charge in [0.2, 0.25) is 5.91 Å². The standard InChI is InChI=1S/C18H16F3NO3/c1-24-12-25-14-9-6-13(7-10-14)8-11-17(23)22-16-5-3-2-4-15(16)18(19,20)21/h2-11H,12H2,1H3,(H,22,23)/b11-8+. The molecule has 0 saturated carbocycles. The normalized spacial score (nSPS) is 11.5. The Hall–Kier alpha value is -2.80. The van der Waals surface area contributed by atoms with Crippen molar-refractivity contribution in [1.29, 1.82) is 0 Å². The molecule has 0 bridgehead atoms. The number of methoxy groups -OCH3 is 1. The minimum atomic E-state index is -4.54. The topological polar surface area (TPSA) is 47.6 Å². The van der Waals surface area contributed by atoms with E-state index < -0.39 is 17.6 Å². The summed E-state index contributed by atoms with van der Waals surface area (Å²) in [5, 5.41) is 2.24. The van der Waals surface area contributed by atoms with Crippen molar-refractivity contribution in [2.75, 3.05) is 19.2 Å². The van der Waals surface area contributed by atoms with Crippen LogP contribution < -0.4 is 10.1 Å². The maximum atomic E-state index is 12.9. The highest BCUT2D eigenvalue weighted by Gasteiger charge is 2.33. The van der Waals surface area contributed by atoms with E-state index in [1.807, 2.05) is 0 Å². The van der Waals surface area contributed by atoms with E-state index in [1.165, 1.54) is 31.4 Å². The molecule has 0 aromatic heterocycles. The maximum Gasteiger partial charge on any atom is 0.418 e. The van der Waals surface area contributed by atoms with Crippen LogP contribution in [0.25, 0.3) is 6.08 Å². The molecule has 0 aliphatic heterocycles. The van der Waals surface area contributed by atoms with E-state index in [9.17, 15) is 18.0 Å². The molecule has 25 heavy (non-hydrogen) atoms. The molecule has 132 valence electrons. The van der Waals surface area contributed by atoms with Crippen LogP contribution in [0.5, 0.6) is 5.75 Å². The van der Waals surface area contributed by atoms with Gasteiger partial charge in [-0.15, -0.1) is 0 Å². The summed E-state index contributed by atoms with van der Waals surface area (Å²) in [5.74, 6) is -0.0565. The van der Waals surface area contributed by atoms with E-state index in [1.54, 1.807) is 24.3 Å². The first kappa shape index (κ1) is 18.5. The second-order valence-electron chi connectivity index (χ2n) is 4.99. The minimum Gasteiger partial charge on any atom is -0.468 e. The van der Waals surface area contributed by atoms with Crippen molar-refractivity contribution < 1.29 is 27.4 Å². The van der Waals surface area contributed by atoms with Gasteiger partial charge in [-0.2, -0.15) is 13.2 Å². The highest BCUT2D eigenvalue weighted by atomic mass is 19.4. The van der Waals surface area contributed by atoms with Crippen molar-refractivity contribution in [1.82, 2.24) is 0 Å². The van der Waals surface area contributed by atoms with Crippen LogP contribution in [0, 0.1) is 0 Å². The molecule has 1 N–H and O–H groups in total. The first-order valence-electron chi connectivity index (χ1n) is 7.27. The molecule has 4 nitrogen and oxygen atoms in total. The van der Waals surface area contributed by atoms with Crippen molar-refractivity contribution in [2.45, 2.75) is 6.18 Å². The third-order valence-electron chi connectivity index (χ3n) is 3.14. The molecule has 7 heteroatoms. The summed E-state index contributed by atoms with van der Waals surface area (Å²) in [6, 6.07) is 11.6. The Morgan fingerprint density at radius 1 is 1.12 bits per heavy atom. The van der Waals surface area contributed by atoms with Crippen LogP contribution in [0.3, 0.4) is 0 Å². The summed E-state index contributed by atoms with van der Waals surface area (Å²) in [6.07, 6.45) is -1.88. The van der Waals surface area contributed by atoms with E-state index in [0.717, 1.165) is 12.1 Å². The molecular formula is C18H16F3NO3. The average molecular weight is 351 g/mol. The predicted octanol–water partition coefficient (Wildman–Crippen LogP) is 4.34. The zero-order valence-corrected chi connectivity index (χ0v) is 13.3. The number of ether oxygens (including phenoxy) is 2. The van der Waals surface area contributed by atoms with Gasteiger partial charge in [-0.05, 0) is 35.9 Å². The molecule has 0 spiro atoms. The summed E-state index contributed by atoms with van der Waals surface area (Å²) in [5.41, 5.74) is -0.478. The SMILES string of the molecule is COCOc1ccc(/C=C/C(=O)Nc2ccccc2C(F)(F)F)cc1. The number of carbonyl (C=O) groups is 1. The van der Waals surface area contributed by atoms with Crippen LogP contribution in [0.4, 0.5) is 18.9 Å². The Morgan fingerprint density at radius 3 is 2.44 bits per heavy atom. The first-order valence-corrected chi connectivity index (χ1v) is 7.27. The van der Waals surface area contributed by atoms with E-state index in [-0.39, 0.29) is 12.5 Å². The van der Waals surface area contributed by atoms with Gasteiger partial charge in [0.15, 0.2) is 6.79 Å². The van der Waals surface area contributed by atoms with Crippen molar-refractivity contribution in [3.05, 3.63) is 65.7 Å². The minimum absolute atomic E-state index is 0.121. The molecule has 2 aromatic rings. The summed E-state index contributed by atoms with van der Waals surface area (Å²) in [4.78, 5) is 11.9. The largest absolute Gasteiger partial charge is 0.468 e. The van der Waals surface area contributed by atoms with E-state index in [0.29, 0.717) is 11.3 Å². The Balaban J connectivity index is 2.02. The number of anilines is 1. The highest BCUT2D eigenvalue weighted by Crippen LogP contribution is 2.34. The monoisotopic (exact) mass is 351 g/mol. The smallest absolute Gasteiger partial charge is 0.418 e. The Bertz CT molecular complexity index is 740. The molecule has 0 unspecified atom stereocenters. The Labute approximate surface area is 142 Å². The molecule has 0 radical (unpaired) electrons. The lowest BCUT2D eigenvalue weighted by atomic mass is 10.1. The van der Waals surface area contributed by atoms with Crippen molar-refractivity contribution in [3.63, 3.8) is 0 Å². The summed E-state index contributed by atoms with van der Waals surface area (Å²) in [7, 11) is 1.51. The highest BCUT2D eigenvalue weighted by molar-refractivity contribution is 6.02. The number of nitrogens with one attached hydrogen (secondary N) is 1. The molecular weight excluding hydrogens is 335 g/mol. The summed E-state index contributed by atoms with van der Waals surface area (Å²) >= 11 is 0. The quantitative estimate of drug-likeness (QED) is 0.622. The van der Waals surface area contributed by atoms with Gasteiger partial charge in [-0.1, -0.05) is 24.3 Å². The van der Waals surface area contributed by atoms with Crippen molar-refractivity contribution in [2.24, 2.45) is 0 Å². The number of hydrogen-bond acceptors (Lipinski definition) is 3. The van der Waals surface area contributed by atoms with Crippen LogP contribution >= 0.6 is 0 Å². The number of alkyl halides is 3. The molecule has 0 fully saturated rings. The molecule has 2 aromatic carbocycles. The molecule has 0 heterocycles. The second kappa shape index (κ2) is 8.34. The number of para-hydroxylation sites is 1. The predicted molar refractivity (Wildman–Crippen MR) is 88.1 cm³/mol. The molecule has 0 saturated heterocycles. The number of benzene rings is 2. The molecule has 2 rings (SSSR count). The molecule has 0 aliphatic carbocycles. The lowest BCUT2D eigenvalue weighted by Crippen LogP contribution is -2.14. The third-order valence-corrected chi connectivity index (χ3v) is 3.14. The number of halogens is 3. The maximum absolute atomic E-state index is 12.9. The average Bonchev–Trinajstić information content (AvgIpc) is 2.58. The zero-order chi connectivity index (χ0) is 18.3. The number of rotatable bonds is 6. The lowest BCUT2D eigenvalue weighted by Gasteiger charge is -2.12. The van der Waals surface area contributed by atoms with Gasteiger partial charge >= 0.3 is 6.18 Å². The van der Waals surface area contributed by atoms with Crippen LogP contribution in [0.15, 0.2) is 54.6 Å². The lowest BCUT2D eigenvalue weighted by molar-refractivity contribution is -0.136. The fourth-order valence-corrected chi connectivity index (χ4v) is 1.99. The van der Waals surface area contributed by atoms with Gasteiger partial charge in [-0.3, -0.25) is 4.79 Å². The van der Waals surface area contributed by atoms with Gasteiger partial charge in [0.1, 0.15) is 5.75 Å². The van der Waals surface area contributed by atoms with Crippen LogP contribution in [0.1, 0.15) is 11.1 Å². The van der Waals surface area contributed by atoms with Crippen molar-refractivity contribution in [3.8, 4) is 5.75 Å². The number of hydrogen-bond donors (Lipinski definition) is 1. The Morgan fingerprint density at radius 2 is 1.80 bits per heavy atom. The number of amides is 1. The van der Waals surface area contributed by atoms with E-state index in [2.05, 4.69) is 5.32 Å². The Kier molecular flexibility index (Phi) is 6.19. The first-order chi connectivity index (χ1) is 11.9. The molecule has 1 amide bonds. The summed E-state index contributed by atoms with van der Waals surface area (Å²) in [6.45, 7) is 0.121. The fourth-order valence-electron chi connectivity index (χ4n) is 1.99. The fraction of sp³-hybridized carbons (Fsp3) is 0.167. The molecule has 0 aliphatic rings.